The zero-order chi connectivity index (χ0) is 12.0. The molecular weight excluding hydrogens is 210 g/mol. The van der Waals surface area contributed by atoms with Gasteiger partial charge in [-0.25, -0.2) is 0 Å². The van der Waals surface area contributed by atoms with Gasteiger partial charge in [-0.15, -0.1) is 0 Å². The second-order valence-electron chi connectivity index (χ2n) is 4.70. The van der Waals surface area contributed by atoms with Crippen molar-refractivity contribution in [3.63, 3.8) is 0 Å². The minimum absolute atomic E-state index is 0.421. The first kappa shape index (κ1) is 10.3. The molecule has 0 spiro atoms. The lowest BCUT2D eigenvalue weighted by Gasteiger charge is -2.06. The van der Waals surface area contributed by atoms with Gasteiger partial charge < -0.3 is 4.57 Å². The van der Waals surface area contributed by atoms with Gasteiger partial charge >= 0.3 is 0 Å². The van der Waals surface area contributed by atoms with E-state index in [2.05, 4.69) is 47.6 Å². The Hall–Kier alpha value is -1.90. The van der Waals surface area contributed by atoms with Gasteiger partial charge in [0.15, 0.2) is 0 Å². The molecule has 0 aromatic carbocycles. The zero-order valence-corrected chi connectivity index (χ0v) is 10.3. The molecule has 0 aliphatic heterocycles. The van der Waals surface area contributed by atoms with Gasteiger partial charge in [-0.05, 0) is 18.1 Å². The molecule has 3 rings (SSSR count). The lowest BCUT2D eigenvalue weighted by Crippen LogP contribution is -1.93. The Kier molecular flexibility index (Phi) is 2.15. The summed E-state index contributed by atoms with van der Waals surface area (Å²) in [6.45, 7) is 4.36. The van der Waals surface area contributed by atoms with E-state index >= 15 is 0 Å². The summed E-state index contributed by atoms with van der Waals surface area (Å²) in [5.41, 5.74) is 3.60. The van der Waals surface area contributed by atoms with E-state index in [-0.39, 0.29) is 0 Å². The summed E-state index contributed by atoms with van der Waals surface area (Å²) in [5, 5.41) is 2.44. The maximum absolute atomic E-state index is 4.53. The van der Waals surface area contributed by atoms with Crippen molar-refractivity contribution in [2.45, 2.75) is 19.8 Å². The maximum atomic E-state index is 4.53. The smallest absolute Gasteiger partial charge is 0.0529 e. The molecule has 17 heavy (non-hydrogen) atoms. The van der Waals surface area contributed by atoms with Crippen molar-refractivity contribution < 1.29 is 0 Å². The largest absolute Gasteiger partial charge is 0.343 e. The van der Waals surface area contributed by atoms with Gasteiger partial charge in [0.05, 0.1) is 16.7 Å². The SMILES string of the molecule is CC(C)c1nccc2c1c1cnccc1n2C. The van der Waals surface area contributed by atoms with Gasteiger partial charge in [0, 0.05) is 36.4 Å². The van der Waals surface area contributed by atoms with Crippen LogP contribution in [0.4, 0.5) is 0 Å². The van der Waals surface area contributed by atoms with E-state index in [1.54, 1.807) is 0 Å². The van der Waals surface area contributed by atoms with Crippen LogP contribution in [0.2, 0.25) is 0 Å². The minimum atomic E-state index is 0.421. The number of pyridine rings is 2. The lowest BCUT2D eigenvalue weighted by atomic mass is 10.0. The minimum Gasteiger partial charge on any atom is -0.343 e. The van der Waals surface area contributed by atoms with Gasteiger partial charge in [-0.1, -0.05) is 13.8 Å². The van der Waals surface area contributed by atoms with Gasteiger partial charge in [-0.3, -0.25) is 9.97 Å². The average Bonchev–Trinajstić information content (AvgIpc) is 2.64. The summed E-state index contributed by atoms with van der Waals surface area (Å²) in [7, 11) is 2.09. The van der Waals surface area contributed by atoms with E-state index in [1.165, 1.54) is 21.8 Å². The van der Waals surface area contributed by atoms with Crippen LogP contribution in [0.15, 0.2) is 30.7 Å². The van der Waals surface area contributed by atoms with Crippen molar-refractivity contribution in [1.29, 1.82) is 0 Å². The van der Waals surface area contributed by atoms with E-state index in [1.807, 2.05) is 18.6 Å². The fourth-order valence-electron chi connectivity index (χ4n) is 2.46. The number of aromatic nitrogens is 3. The molecular formula is C14H15N3. The lowest BCUT2D eigenvalue weighted by molar-refractivity contribution is 0.834. The number of hydrogen-bond acceptors (Lipinski definition) is 2. The standard InChI is InChI=1S/C14H15N3/c1-9(2)14-13-10-8-15-6-4-11(10)17(3)12(13)5-7-16-14/h4-9H,1-3H3. The van der Waals surface area contributed by atoms with Crippen LogP contribution >= 0.6 is 0 Å². The van der Waals surface area contributed by atoms with Gasteiger partial charge in [0.25, 0.3) is 0 Å². The van der Waals surface area contributed by atoms with Crippen LogP contribution in [0, 0.1) is 0 Å². The molecule has 86 valence electrons. The van der Waals surface area contributed by atoms with Crippen molar-refractivity contribution in [2.24, 2.45) is 7.05 Å². The summed E-state index contributed by atoms with van der Waals surface area (Å²) in [5.74, 6) is 0.421. The predicted octanol–water partition coefficient (Wildman–Crippen LogP) is 3.24. The molecule has 0 amide bonds. The van der Waals surface area contributed by atoms with Crippen molar-refractivity contribution in [1.82, 2.24) is 14.5 Å². The van der Waals surface area contributed by atoms with Crippen molar-refractivity contribution >= 4 is 21.8 Å². The summed E-state index contributed by atoms with van der Waals surface area (Å²) in [6, 6.07) is 4.13. The monoisotopic (exact) mass is 225 g/mol. The molecule has 0 radical (unpaired) electrons. The molecule has 0 unspecified atom stereocenters. The first-order valence-electron chi connectivity index (χ1n) is 5.87. The Morgan fingerprint density at radius 3 is 2.65 bits per heavy atom. The first-order valence-corrected chi connectivity index (χ1v) is 5.87. The highest BCUT2D eigenvalue weighted by Crippen LogP contribution is 2.31. The van der Waals surface area contributed by atoms with Crippen LogP contribution in [0.3, 0.4) is 0 Å². The molecule has 0 fully saturated rings. The van der Waals surface area contributed by atoms with Crippen LogP contribution in [-0.4, -0.2) is 14.5 Å². The molecule has 0 atom stereocenters. The summed E-state index contributed by atoms with van der Waals surface area (Å²) in [4.78, 5) is 8.76. The highest BCUT2D eigenvalue weighted by molar-refractivity contribution is 6.08. The van der Waals surface area contributed by atoms with E-state index in [0.717, 1.165) is 5.69 Å². The first-order chi connectivity index (χ1) is 8.20. The Morgan fingerprint density at radius 1 is 1.12 bits per heavy atom. The molecule has 3 aromatic rings. The van der Waals surface area contributed by atoms with E-state index in [4.69, 9.17) is 0 Å². The summed E-state index contributed by atoms with van der Waals surface area (Å²) >= 11 is 0. The third-order valence-corrected chi connectivity index (χ3v) is 3.30. The second kappa shape index (κ2) is 3.55. The Morgan fingerprint density at radius 2 is 1.88 bits per heavy atom. The number of fused-ring (bicyclic) bond motifs is 3. The van der Waals surface area contributed by atoms with Crippen molar-refractivity contribution in [2.75, 3.05) is 0 Å². The molecule has 3 heteroatoms. The number of nitrogens with zero attached hydrogens (tertiary/aromatic N) is 3. The van der Waals surface area contributed by atoms with Gasteiger partial charge in [-0.2, -0.15) is 0 Å². The Balaban J connectivity index is 2.59. The quantitative estimate of drug-likeness (QED) is 0.636. The number of rotatable bonds is 1. The Labute approximate surface area is 100 Å². The second-order valence-corrected chi connectivity index (χ2v) is 4.70. The van der Waals surface area contributed by atoms with Crippen LogP contribution in [-0.2, 0) is 7.05 Å². The molecule has 3 heterocycles. The third kappa shape index (κ3) is 1.35. The normalized spacial score (nSPS) is 11.8. The zero-order valence-electron chi connectivity index (χ0n) is 10.3. The van der Waals surface area contributed by atoms with Crippen molar-refractivity contribution in [3.8, 4) is 0 Å². The fraction of sp³-hybridized carbons (Fsp3) is 0.286. The summed E-state index contributed by atoms with van der Waals surface area (Å²) < 4.78 is 2.21. The molecule has 0 aliphatic carbocycles. The highest BCUT2D eigenvalue weighted by atomic mass is 14.9. The molecule has 0 saturated carbocycles. The highest BCUT2D eigenvalue weighted by Gasteiger charge is 2.14. The van der Waals surface area contributed by atoms with E-state index in [9.17, 15) is 0 Å². The van der Waals surface area contributed by atoms with E-state index in [0.29, 0.717) is 5.92 Å². The topological polar surface area (TPSA) is 30.7 Å². The molecule has 3 nitrogen and oxygen atoms in total. The number of aryl methyl sites for hydroxylation is 1. The van der Waals surface area contributed by atoms with Gasteiger partial charge in [0.2, 0.25) is 0 Å². The van der Waals surface area contributed by atoms with Crippen LogP contribution in [0.1, 0.15) is 25.5 Å². The van der Waals surface area contributed by atoms with E-state index < -0.39 is 0 Å². The summed E-state index contributed by atoms with van der Waals surface area (Å²) in [6.07, 6.45) is 5.67. The fourth-order valence-corrected chi connectivity index (χ4v) is 2.46. The molecule has 0 bridgehead atoms. The average molecular weight is 225 g/mol. The molecule has 0 aliphatic rings. The Bertz CT molecular complexity index is 695. The molecule has 3 aromatic heterocycles. The van der Waals surface area contributed by atoms with Gasteiger partial charge in [0.1, 0.15) is 0 Å². The number of hydrogen-bond donors (Lipinski definition) is 0. The predicted molar refractivity (Wildman–Crippen MR) is 70.1 cm³/mol. The van der Waals surface area contributed by atoms with Crippen LogP contribution in [0.5, 0.6) is 0 Å². The van der Waals surface area contributed by atoms with Crippen LogP contribution < -0.4 is 0 Å². The molecule has 0 N–H and O–H groups in total. The molecule has 0 saturated heterocycles. The van der Waals surface area contributed by atoms with Crippen molar-refractivity contribution in [3.05, 3.63) is 36.4 Å². The third-order valence-electron chi connectivity index (χ3n) is 3.30. The maximum Gasteiger partial charge on any atom is 0.0529 e. The van der Waals surface area contributed by atoms with Crippen LogP contribution in [0.25, 0.3) is 21.8 Å².